The number of pyridine rings is 1. The molecule has 110 valence electrons. The molecular formula is C17H21N3O. The summed E-state index contributed by atoms with van der Waals surface area (Å²) in [7, 11) is 4.03. The molecule has 0 unspecified atom stereocenters. The Bertz CT molecular complexity index is 608. The summed E-state index contributed by atoms with van der Waals surface area (Å²) in [5, 5.41) is 3.50. The van der Waals surface area contributed by atoms with Crippen LogP contribution in [0.1, 0.15) is 18.4 Å². The molecule has 0 spiro atoms. The summed E-state index contributed by atoms with van der Waals surface area (Å²) < 4.78 is 5.87. The number of nitrogens with zero attached hydrogens (tertiary/aromatic N) is 2. The van der Waals surface area contributed by atoms with Crippen LogP contribution in [0.2, 0.25) is 0 Å². The van der Waals surface area contributed by atoms with Crippen molar-refractivity contribution in [3.63, 3.8) is 0 Å². The van der Waals surface area contributed by atoms with Gasteiger partial charge in [-0.3, -0.25) is 0 Å². The molecule has 0 atom stereocenters. The maximum absolute atomic E-state index is 5.87. The van der Waals surface area contributed by atoms with Gasteiger partial charge in [0, 0.05) is 50.7 Å². The molecule has 1 aromatic carbocycles. The Hall–Kier alpha value is -2.07. The van der Waals surface area contributed by atoms with Crippen LogP contribution in [0.25, 0.3) is 0 Å². The van der Waals surface area contributed by atoms with Crippen molar-refractivity contribution < 1.29 is 4.74 Å². The maximum atomic E-state index is 5.87. The molecule has 2 aromatic rings. The van der Waals surface area contributed by atoms with E-state index in [1.807, 2.05) is 44.4 Å². The van der Waals surface area contributed by atoms with Gasteiger partial charge in [-0.1, -0.05) is 6.07 Å². The SMILES string of the molecule is CN(C)c1cccc(Oc2cc(CNC3CC3)ccn2)c1. The van der Waals surface area contributed by atoms with Crippen LogP contribution in [0, 0.1) is 0 Å². The molecule has 1 aromatic heterocycles. The third-order valence-electron chi connectivity index (χ3n) is 3.53. The predicted molar refractivity (Wildman–Crippen MR) is 84.9 cm³/mol. The minimum absolute atomic E-state index is 0.640. The van der Waals surface area contributed by atoms with E-state index < -0.39 is 0 Å². The van der Waals surface area contributed by atoms with Crippen LogP contribution in [-0.4, -0.2) is 25.1 Å². The summed E-state index contributed by atoms with van der Waals surface area (Å²) in [5.74, 6) is 1.45. The van der Waals surface area contributed by atoms with Gasteiger partial charge in [0.25, 0.3) is 0 Å². The lowest BCUT2D eigenvalue weighted by Crippen LogP contribution is -2.15. The van der Waals surface area contributed by atoms with E-state index in [4.69, 9.17) is 4.74 Å². The predicted octanol–water partition coefficient (Wildman–Crippen LogP) is 3.19. The molecule has 4 nitrogen and oxygen atoms in total. The summed E-state index contributed by atoms with van der Waals surface area (Å²) in [6, 6.07) is 12.7. The van der Waals surface area contributed by atoms with Crippen molar-refractivity contribution in [2.75, 3.05) is 19.0 Å². The second-order valence-corrected chi connectivity index (χ2v) is 5.65. The molecule has 1 aliphatic rings. The van der Waals surface area contributed by atoms with E-state index in [1.54, 1.807) is 6.20 Å². The highest BCUT2D eigenvalue weighted by molar-refractivity contribution is 5.50. The Morgan fingerprint density at radius 3 is 2.86 bits per heavy atom. The van der Waals surface area contributed by atoms with Gasteiger partial charge in [-0.2, -0.15) is 0 Å². The monoisotopic (exact) mass is 283 g/mol. The molecule has 1 saturated carbocycles. The number of ether oxygens (including phenoxy) is 1. The summed E-state index contributed by atoms with van der Waals surface area (Å²) in [5.41, 5.74) is 2.31. The van der Waals surface area contributed by atoms with Gasteiger partial charge in [-0.15, -0.1) is 0 Å². The first-order valence-electron chi connectivity index (χ1n) is 7.34. The zero-order chi connectivity index (χ0) is 14.7. The van der Waals surface area contributed by atoms with Gasteiger partial charge < -0.3 is 15.0 Å². The number of benzene rings is 1. The lowest BCUT2D eigenvalue weighted by atomic mass is 10.2. The molecule has 0 bridgehead atoms. The fourth-order valence-corrected chi connectivity index (χ4v) is 2.11. The first kappa shape index (κ1) is 13.9. The molecule has 0 amide bonds. The fourth-order valence-electron chi connectivity index (χ4n) is 2.11. The van der Waals surface area contributed by atoms with Crippen LogP contribution >= 0.6 is 0 Å². The van der Waals surface area contributed by atoms with Crippen LogP contribution in [-0.2, 0) is 6.54 Å². The number of nitrogens with one attached hydrogen (secondary N) is 1. The molecule has 0 radical (unpaired) electrons. The van der Waals surface area contributed by atoms with Crippen LogP contribution in [0.5, 0.6) is 11.6 Å². The van der Waals surface area contributed by atoms with E-state index in [0.29, 0.717) is 11.9 Å². The van der Waals surface area contributed by atoms with Gasteiger partial charge in [-0.05, 0) is 36.6 Å². The summed E-state index contributed by atoms with van der Waals surface area (Å²) in [4.78, 5) is 6.34. The van der Waals surface area contributed by atoms with E-state index in [2.05, 4.69) is 21.3 Å². The highest BCUT2D eigenvalue weighted by atomic mass is 16.5. The lowest BCUT2D eigenvalue weighted by molar-refractivity contribution is 0.461. The quantitative estimate of drug-likeness (QED) is 0.883. The molecule has 1 fully saturated rings. The minimum atomic E-state index is 0.640. The van der Waals surface area contributed by atoms with E-state index in [1.165, 1.54) is 18.4 Å². The third-order valence-corrected chi connectivity index (χ3v) is 3.53. The Kier molecular flexibility index (Phi) is 4.06. The second kappa shape index (κ2) is 6.14. The average molecular weight is 283 g/mol. The first-order chi connectivity index (χ1) is 10.2. The molecule has 1 aliphatic carbocycles. The van der Waals surface area contributed by atoms with Gasteiger partial charge in [0.1, 0.15) is 5.75 Å². The Morgan fingerprint density at radius 2 is 2.10 bits per heavy atom. The number of hydrogen-bond acceptors (Lipinski definition) is 4. The molecule has 4 heteroatoms. The largest absolute Gasteiger partial charge is 0.439 e. The van der Waals surface area contributed by atoms with Crippen LogP contribution < -0.4 is 15.0 Å². The molecule has 1 N–H and O–H groups in total. The smallest absolute Gasteiger partial charge is 0.219 e. The molecule has 0 aliphatic heterocycles. The minimum Gasteiger partial charge on any atom is -0.439 e. The molecule has 3 rings (SSSR count). The standard InChI is InChI=1S/C17H21N3O/c1-20(2)15-4-3-5-16(11-15)21-17-10-13(8-9-18-17)12-19-14-6-7-14/h3-5,8-11,14,19H,6-7,12H2,1-2H3. The van der Waals surface area contributed by atoms with Gasteiger partial charge in [0.2, 0.25) is 5.88 Å². The Labute approximate surface area is 125 Å². The number of rotatable bonds is 6. The van der Waals surface area contributed by atoms with E-state index in [9.17, 15) is 0 Å². The fraction of sp³-hybridized carbons (Fsp3) is 0.353. The van der Waals surface area contributed by atoms with Crippen molar-refractivity contribution in [3.8, 4) is 11.6 Å². The average Bonchev–Trinajstić information content (AvgIpc) is 3.30. The van der Waals surface area contributed by atoms with Crippen LogP contribution in [0.4, 0.5) is 5.69 Å². The van der Waals surface area contributed by atoms with E-state index in [0.717, 1.165) is 18.0 Å². The van der Waals surface area contributed by atoms with Crippen molar-refractivity contribution in [2.45, 2.75) is 25.4 Å². The number of hydrogen-bond donors (Lipinski definition) is 1. The number of anilines is 1. The third kappa shape index (κ3) is 3.95. The van der Waals surface area contributed by atoms with E-state index in [-0.39, 0.29) is 0 Å². The van der Waals surface area contributed by atoms with Crippen molar-refractivity contribution >= 4 is 5.69 Å². The van der Waals surface area contributed by atoms with Crippen molar-refractivity contribution in [2.24, 2.45) is 0 Å². The molecule has 0 saturated heterocycles. The van der Waals surface area contributed by atoms with Gasteiger partial charge >= 0.3 is 0 Å². The zero-order valence-electron chi connectivity index (χ0n) is 12.5. The van der Waals surface area contributed by atoms with Crippen LogP contribution in [0.15, 0.2) is 42.6 Å². The zero-order valence-corrected chi connectivity index (χ0v) is 12.5. The van der Waals surface area contributed by atoms with Gasteiger partial charge in [0.05, 0.1) is 0 Å². The van der Waals surface area contributed by atoms with Gasteiger partial charge in [-0.25, -0.2) is 4.98 Å². The maximum Gasteiger partial charge on any atom is 0.219 e. The normalized spacial score (nSPS) is 14.0. The van der Waals surface area contributed by atoms with Gasteiger partial charge in [0.15, 0.2) is 0 Å². The van der Waals surface area contributed by atoms with Crippen molar-refractivity contribution in [3.05, 3.63) is 48.2 Å². The summed E-state index contributed by atoms with van der Waals surface area (Å²) >= 11 is 0. The summed E-state index contributed by atoms with van der Waals surface area (Å²) in [6.07, 6.45) is 4.40. The topological polar surface area (TPSA) is 37.4 Å². The van der Waals surface area contributed by atoms with Crippen molar-refractivity contribution in [1.82, 2.24) is 10.3 Å². The highest BCUT2D eigenvalue weighted by Crippen LogP contribution is 2.25. The number of aromatic nitrogens is 1. The molecule has 21 heavy (non-hydrogen) atoms. The summed E-state index contributed by atoms with van der Waals surface area (Å²) in [6.45, 7) is 0.876. The second-order valence-electron chi connectivity index (χ2n) is 5.65. The van der Waals surface area contributed by atoms with Crippen molar-refractivity contribution in [1.29, 1.82) is 0 Å². The molecular weight excluding hydrogens is 262 g/mol. The molecule has 1 heterocycles. The highest BCUT2D eigenvalue weighted by Gasteiger charge is 2.19. The van der Waals surface area contributed by atoms with Crippen LogP contribution in [0.3, 0.4) is 0 Å². The first-order valence-corrected chi connectivity index (χ1v) is 7.34. The Balaban J connectivity index is 1.68. The Morgan fingerprint density at radius 1 is 1.24 bits per heavy atom. The van der Waals surface area contributed by atoms with E-state index >= 15 is 0 Å². The lowest BCUT2D eigenvalue weighted by Gasteiger charge is -2.14.